The smallest absolute Gasteiger partial charge is 0.220 e. The number of aliphatic hydroxyl groups is 1. The maximum absolute atomic E-state index is 8.81. The zero-order valence-electron chi connectivity index (χ0n) is 9.14. The molecule has 0 aliphatic rings. The van der Waals surface area contributed by atoms with Crippen LogP contribution in [0.15, 0.2) is 47.1 Å². The summed E-state index contributed by atoms with van der Waals surface area (Å²) in [6.07, 6.45) is 0.662. The highest BCUT2D eigenvalue weighted by atomic mass is 79.9. The Morgan fingerprint density at radius 2 is 1.88 bits per heavy atom. The van der Waals surface area contributed by atoms with E-state index in [1.54, 1.807) is 6.07 Å². The van der Waals surface area contributed by atoms with Gasteiger partial charge in [0, 0.05) is 12.7 Å². The maximum atomic E-state index is 8.81. The van der Waals surface area contributed by atoms with Crippen LogP contribution in [0, 0.1) is 0 Å². The molecule has 3 nitrogen and oxygen atoms in total. The number of hydrogen-bond acceptors (Lipinski definition) is 3. The van der Waals surface area contributed by atoms with Gasteiger partial charge in [0.2, 0.25) is 5.88 Å². The molecular weight excluding hydrogens is 282 g/mol. The van der Waals surface area contributed by atoms with Crippen molar-refractivity contribution in [3.8, 4) is 11.6 Å². The molecule has 0 aliphatic carbocycles. The molecule has 0 radical (unpaired) electrons. The van der Waals surface area contributed by atoms with Crippen molar-refractivity contribution in [3.63, 3.8) is 0 Å². The van der Waals surface area contributed by atoms with Crippen LogP contribution in [0.1, 0.15) is 5.56 Å². The van der Waals surface area contributed by atoms with Crippen molar-refractivity contribution in [2.75, 3.05) is 6.61 Å². The van der Waals surface area contributed by atoms with Crippen molar-refractivity contribution in [2.45, 2.75) is 6.42 Å². The van der Waals surface area contributed by atoms with Gasteiger partial charge in [0.15, 0.2) is 0 Å². The number of ether oxygens (including phenoxy) is 1. The summed E-state index contributed by atoms with van der Waals surface area (Å²) in [7, 11) is 0. The molecule has 0 aliphatic heterocycles. The van der Waals surface area contributed by atoms with Gasteiger partial charge in [-0.05, 0) is 46.1 Å². The van der Waals surface area contributed by atoms with Crippen LogP contribution in [0.3, 0.4) is 0 Å². The summed E-state index contributed by atoms with van der Waals surface area (Å²) >= 11 is 3.29. The molecule has 2 aromatic rings. The van der Waals surface area contributed by atoms with Gasteiger partial charge >= 0.3 is 0 Å². The average Bonchev–Trinajstić information content (AvgIpc) is 2.32. The molecule has 0 saturated carbocycles. The molecule has 1 aromatic heterocycles. The van der Waals surface area contributed by atoms with E-state index in [4.69, 9.17) is 9.84 Å². The Hall–Kier alpha value is -1.39. The second-order valence-electron chi connectivity index (χ2n) is 3.52. The molecule has 1 N–H and O–H groups in total. The first-order chi connectivity index (χ1) is 8.28. The minimum atomic E-state index is 0.160. The van der Waals surface area contributed by atoms with Crippen molar-refractivity contribution in [1.82, 2.24) is 4.98 Å². The molecule has 1 aromatic carbocycles. The molecule has 88 valence electrons. The van der Waals surface area contributed by atoms with Gasteiger partial charge in [-0.25, -0.2) is 4.98 Å². The topological polar surface area (TPSA) is 42.4 Å². The summed E-state index contributed by atoms with van der Waals surface area (Å²) in [5, 5.41) is 8.81. The number of pyridine rings is 1. The van der Waals surface area contributed by atoms with Gasteiger partial charge in [-0.3, -0.25) is 0 Å². The first-order valence-electron chi connectivity index (χ1n) is 5.28. The molecule has 2 rings (SSSR count). The molecular formula is C13H12BrNO2. The Kier molecular flexibility index (Phi) is 4.12. The first-order valence-corrected chi connectivity index (χ1v) is 6.07. The lowest BCUT2D eigenvalue weighted by Crippen LogP contribution is -1.91. The van der Waals surface area contributed by atoms with Gasteiger partial charge in [0.05, 0.1) is 0 Å². The minimum Gasteiger partial charge on any atom is -0.439 e. The van der Waals surface area contributed by atoms with Crippen LogP contribution in [-0.2, 0) is 6.42 Å². The van der Waals surface area contributed by atoms with Crippen molar-refractivity contribution in [1.29, 1.82) is 0 Å². The highest BCUT2D eigenvalue weighted by Crippen LogP contribution is 2.21. The van der Waals surface area contributed by atoms with E-state index >= 15 is 0 Å². The predicted molar refractivity (Wildman–Crippen MR) is 69.2 cm³/mol. The Morgan fingerprint density at radius 1 is 1.12 bits per heavy atom. The average molecular weight is 294 g/mol. The van der Waals surface area contributed by atoms with Gasteiger partial charge in [-0.15, -0.1) is 0 Å². The third-order valence-electron chi connectivity index (χ3n) is 2.24. The van der Waals surface area contributed by atoms with Gasteiger partial charge in [0.25, 0.3) is 0 Å². The van der Waals surface area contributed by atoms with E-state index in [0.717, 1.165) is 15.9 Å². The van der Waals surface area contributed by atoms with Gasteiger partial charge in [-0.2, -0.15) is 0 Å². The molecule has 0 saturated heterocycles. The zero-order chi connectivity index (χ0) is 12.1. The third-order valence-corrected chi connectivity index (χ3v) is 2.68. The lowest BCUT2D eigenvalue weighted by atomic mass is 10.1. The Labute approximate surface area is 108 Å². The van der Waals surface area contributed by atoms with Crippen LogP contribution in [0.2, 0.25) is 0 Å². The maximum Gasteiger partial charge on any atom is 0.220 e. The number of benzene rings is 1. The van der Waals surface area contributed by atoms with Crippen LogP contribution >= 0.6 is 15.9 Å². The van der Waals surface area contributed by atoms with E-state index < -0.39 is 0 Å². The molecule has 1 heterocycles. The number of rotatable bonds is 4. The Balaban J connectivity index is 2.08. The summed E-state index contributed by atoms with van der Waals surface area (Å²) in [5.74, 6) is 1.28. The molecule has 0 amide bonds. The molecule has 0 atom stereocenters. The summed E-state index contributed by atoms with van der Waals surface area (Å²) in [5.41, 5.74) is 1.09. The van der Waals surface area contributed by atoms with Crippen LogP contribution in [0.4, 0.5) is 0 Å². The van der Waals surface area contributed by atoms with Crippen LogP contribution in [-0.4, -0.2) is 16.7 Å². The monoisotopic (exact) mass is 293 g/mol. The second kappa shape index (κ2) is 5.80. The fourth-order valence-electron chi connectivity index (χ4n) is 1.42. The number of nitrogens with zero attached hydrogens (tertiary/aromatic N) is 1. The quantitative estimate of drug-likeness (QED) is 0.881. The largest absolute Gasteiger partial charge is 0.439 e. The van der Waals surface area contributed by atoms with Crippen molar-refractivity contribution >= 4 is 15.9 Å². The van der Waals surface area contributed by atoms with Crippen LogP contribution < -0.4 is 4.74 Å². The summed E-state index contributed by atoms with van der Waals surface area (Å²) < 4.78 is 6.33. The van der Waals surface area contributed by atoms with Crippen molar-refractivity contribution < 1.29 is 9.84 Å². The van der Waals surface area contributed by atoms with Crippen molar-refractivity contribution in [3.05, 3.63) is 52.6 Å². The van der Waals surface area contributed by atoms with Gasteiger partial charge in [0.1, 0.15) is 10.4 Å². The standard InChI is InChI=1S/C13H12BrNO2/c14-12-2-1-3-13(15-12)17-11-6-4-10(5-7-11)8-9-16/h1-7,16H,8-9H2. The van der Waals surface area contributed by atoms with Crippen LogP contribution in [0.25, 0.3) is 0 Å². The van der Waals surface area contributed by atoms with Gasteiger partial charge in [-0.1, -0.05) is 18.2 Å². The fourth-order valence-corrected chi connectivity index (χ4v) is 1.75. The van der Waals surface area contributed by atoms with Gasteiger partial charge < -0.3 is 9.84 Å². The third kappa shape index (κ3) is 3.54. The predicted octanol–water partition coefficient (Wildman–Crippen LogP) is 3.17. The summed E-state index contributed by atoms with van der Waals surface area (Å²) in [6.45, 7) is 0.160. The van der Waals surface area contributed by atoms with Crippen molar-refractivity contribution in [2.24, 2.45) is 0 Å². The number of hydrogen-bond donors (Lipinski definition) is 1. The van der Waals surface area contributed by atoms with E-state index in [0.29, 0.717) is 12.3 Å². The Morgan fingerprint density at radius 3 is 2.53 bits per heavy atom. The minimum absolute atomic E-state index is 0.160. The normalized spacial score (nSPS) is 10.2. The first kappa shape index (κ1) is 12.1. The SMILES string of the molecule is OCCc1ccc(Oc2cccc(Br)n2)cc1. The van der Waals surface area contributed by atoms with E-state index in [1.807, 2.05) is 36.4 Å². The fraction of sp³-hybridized carbons (Fsp3) is 0.154. The van der Waals surface area contributed by atoms with E-state index in [1.165, 1.54) is 0 Å². The molecule has 4 heteroatoms. The second-order valence-corrected chi connectivity index (χ2v) is 4.33. The molecule has 17 heavy (non-hydrogen) atoms. The highest BCUT2D eigenvalue weighted by molar-refractivity contribution is 9.10. The molecule has 0 fully saturated rings. The number of halogens is 1. The lowest BCUT2D eigenvalue weighted by Gasteiger charge is -2.05. The summed E-state index contributed by atoms with van der Waals surface area (Å²) in [4.78, 5) is 4.18. The summed E-state index contributed by atoms with van der Waals surface area (Å²) in [6, 6.07) is 13.1. The van der Waals surface area contributed by atoms with Crippen LogP contribution in [0.5, 0.6) is 11.6 Å². The molecule has 0 unspecified atom stereocenters. The zero-order valence-corrected chi connectivity index (χ0v) is 10.7. The Bertz CT molecular complexity index is 485. The van der Waals surface area contributed by atoms with E-state index in [-0.39, 0.29) is 6.61 Å². The molecule has 0 bridgehead atoms. The highest BCUT2D eigenvalue weighted by Gasteiger charge is 1.99. The number of aromatic nitrogens is 1. The number of aliphatic hydroxyl groups excluding tert-OH is 1. The van der Waals surface area contributed by atoms with E-state index in [9.17, 15) is 0 Å². The van der Waals surface area contributed by atoms with E-state index in [2.05, 4.69) is 20.9 Å². The molecule has 0 spiro atoms. The lowest BCUT2D eigenvalue weighted by molar-refractivity contribution is 0.299.